The number of aliphatic hydroxyl groups excluding tert-OH is 1. The molecule has 1 aliphatic carbocycles. The quantitative estimate of drug-likeness (QED) is 0.809. The van der Waals surface area contributed by atoms with E-state index in [2.05, 4.69) is 5.32 Å². The number of aliphatic hydroxyl groups is 1. The fraction of sp³-hybridized carbons (Fsp3) is 0.579. The minimum Gasteiger partial charge on any atom is -0.493 e. The molecule has 2 fully saturated rings. The number of hydrogen-bond donors (Lipinski definition) is 2. The van der Waals surface area contributed by atoms with E-state index in [1.54, 1.807) is 12.0 Å². The average Bonchev–Trinajstić information content (AvgIpc) is 3.03. The van der Waals surface area contributed by atoms with Gasteiger partial charge >= 0.3 is 0 Å². The van der Waals surface area contributed by atoms with Crippen LogP contribution in [0.5, 0.6) is 11.5 Å². The third kappa shape index (κ3) is 4.09. The zero-order valence-corrected chi connectivity index (χ0v) is 15.2. The summed E-state index contributed by atoms with van der Waals surface area (Å²) in [5, 5.41) is 13.1. The highest BCUT2D eigenvalue weighted by Crippen LogP contribution is 2.39. The molecule has 1 saturated heterocycles. The summed E-state index contributed by atoms with van der Waals surface area (Å²) >= 11 is 0. The lowest BCUT2D eigenvalue weighted by molar-refractivity contribution is -0.131. The van der Waals surface area contributed by atoms with Gasteiger partial charge in [0.1, 0.15) is 6.10 Å². The van der Waals surface area contributed by atoms with Gasteiger partial charge in [0.15, 0.2) is 11.5 Å². The summed E-state index contributed by atoms with van der Waals surface area (Å²) in [7, 11) is 1.59. The smallest absolute Gasteiger partial charge is 0.241 e. The summed E-state index contributed by atoms with van der Waals surface area (Å²) < 4.78 is 11.3. The summed E-state index contributed by atoms with van der Waals surface area (Å²) in [5.41, 5.74) is 0. The summed E-state index contributed by atoms with van der Waals surface area (Å²) in [4.78, 5) is 25.0. The second-order valence-corrected chi connectivity index (χ2v) is 7.07. The van der Waals surface area contributed by atoms with Crippen molar-refractivity contribution in [2.24, 2.45) is 11.8 Å². The van der Waals surface area contributed by atoms with Gasteiger partial charge in [-0.15, -0.1) is 0 Å². The van der Waals surface area contributed by atoms with Crippen LogP contribution in [0.2, 0.25) is 0 Å². The molecule has 0 spiro atoms. The fourth-order valence-corrected chi connectivity index (χ4v) is 3.91. The Bertz CT molecular complexity index is 665. The zero-order chi connectivity index (χ0) is 18.7. The summed E-state index contributed by atoms with van der Waals surface area (Å²) in [5.74, 6) is 1.53. The van der Waals surface area contributed by atoms with Crippen molar-refractivity contribution >= 4 is 11.8 Å². The van der Waals surface area contributed by atoms with Crippen LogP contribution in [0.3, 0.4) is 0 Å². The number of rotatable bonds is 5. The van der Waals surface area contributed by atoms with Crippen molar-refractivity contribution in [3.8, 4) is 11.5 Å². The zero-order valence-electron chi connectivity index (χ0n) is 15.2. The standard InChI is InChI=1S/C19H26N2O5/c1-12(22)20-9-19(24)21-10-13-7-15(23)18(8-14(13)11-21)26-17-6-4-3-5-16(17)25-2/h3-6,13-15,18,23H,7-11H2,1-2H3,(H,20,22)/t13-,14+,15+,18+/m0/s1. The molecule has 2 aliphatic rings. The van der Waals surface area contributed by atoms with Crippen LogP contribution in [-0.4, -0.2) is 60.8 Å². The van der Waals surface area contributed by atoms with Crippen molar-refractivity contribution < 1.29 is 24.2 Å². The van der Waals surface area contributed by atoms with E-state index in [4.69, 9.17) is 9.47 Å². The first-order valence-electron chi connectivity index (χ1n) is 8.98. The highest BCUT2D eigenvalue weighted by molar-refractivity contribution is 5.83. The maximum Gasteiger partial charge on any atom is 0.241 e. The molecular weight excluding hydrogens is 336 g/mol. The number of likely N-dealkylation sites (tertiary alicyclic amines) is 1. The number of carbonyl (C=O) groups is 2. The van der Waals surface area contributed by atoms with Crippen molar-refractivity contribution in [2.45, 2.75) is 32.0 Å². The summed E-state index contributed by atoms with van der Waals surface area (Å²) in [6, 6.07) is 7.39. The van der Waals surface area contributed by atoms with Gasteiger partial charge in [0.2, 0.25) is 11.8 Å². The van der Waals surface area contributed by atoms with Crippen LogP contribution >= 0.6 is 0 Å². The average molecular weight is 362 g/mol. The number of benzene rings is 1. The Hall–Kier alpha value is -2.28. The van der Waals surface area contributed by atoms with Gasteiger partial charge in [0.05, 0.1) is 19.8 Å². The molecule has 7 nitrogen and oxygen atoms in total. The van der Waals surface area contributed by atoms with Gasteiger partial charge in [0.25, 0.3) is 0 Å². The highest BCUT2D eigenvalue weighted by atomic mass is 16.5. The van der Waals surface area contributed by atoms with E-state index in [9.17, 15) is 14.7 Å². The number of nitrogens with one attached hydrogen (secondary N) is 1. The van der Waals surface area contributed by atoms with Gasteiger partial charge in [-0.05, 0) is 36.8 Å². The highest BCUT2D eigenvalue weighted by Gasteiger charge is 2.43. The number of amides is 2. The van der Waals surface area contributed by atoms with Crippen molar-refractivity contribution in [1.82, 2.24) is 10.2 Å². The number of para-hydroxylation sites is 2. The Morgan fingerprint density at radius 1 is 1.19 bits per heavy atom. The molecule has 26 heavy (non-hydrogen) atoms. The second kappa shape index (κ2) is 7.95. The topological polar surface area (TPSA) is 88.1 Å². The normalized spacial score (nSPS) is 27.6. The lowest BCUT2D eigenvalue weighted by Gasteiger charge is -2.35. The van der Waals surface area contributed by atoms with E-state index in [0.717, 1.165) is 0 Å². The van der Waals surface area contributed by atoms with Crippen LogP contribution < -0.4 is 14.8 Å². The number of nitrogens with zero attached hydrogens (tertiary/aromatic N) is 1. The molecule has 4 atom stereocenters. The number of carbonyl (C=O) groups excluding carboxylic acids is 2. The molecule has 2 N–H and O–H groups in total. The number of fused-ring (bicyclic) bond motifs is 1. The molecule has 1 aliphatic heterocycles. The van der Waals surface area contributed by atoms with Crippen molar-refractivity contribution in [3.63, 3.8) is 0 Å². The van der Waals surface area contributed by atoms with Gasteiger partial charge in [-0.1, -0.05) is 12.1 Å². The van der Waals surface area contributed by atoms with Gasteiger partial charge in [-0.25, -0.2) is 0 Å². The molecule has 0 radical (unpaired) electrons. The Morgan fingerprint density at radius 2 is 1.85 bits per heavy atom. The molecule has 0 bridgehead atoms. The molecule has 1 saturated carbocycles. The molecule has 7 heteroatoms. The van der Waals surface area contributed by atoms with Gasteiger partial charge < -0.3 is 24.8 Å². The molecule has 0 aromatic heterocycles. The summed E-state index contributed by atoms with van der Waals surface area (Å²) in [6.07, 6.45) is 0.395. The first-order valence-corrected chi connectivity index (χ1v) is 8.98. The van der Waals surface area contributed by atoms with Crippen LogP contribution in [0.1, 0.15) is 19.8 Å². The Labute approximate surface area is 153 Å². The molecule has 3 rings (SSSR count). The molecule has 1 aromatic carbocycles. The van der Waals surface area contributed by atoms with E-state index in [1.165, 1.54) is 6.92 Å². The minimum absolute atomic E-state index is 0.0263. The van der Waals surface area contributed by atoms with E-state index in [-0.39, 0.29) is 30.4 Å². The lowest BCUT2D eigenvalue weighted by atomic mass is 9.78. The Morgan fingerprint density at radius 3 is 2.50 bits per heavy atom. The van der Waals surface area contributed by atoms with Gasteiger partial charge in [0, 0.05) is 20.0 Å². The van der Waals surface area contributed by atoms with Crippen LogP contribution in [0.15, 0.2) is 24.3 Å². The monoisotopic (exact) mass is 362 g/mol. The van der Waals surface area contributed by atoms with Gasteiger partial charge in [-0.3, -0.25) is 9.59 Å². The number of ether oxygens (including phenoxy) is 2. The van der Waals surface area contributed by atoms with E-state index < -0.39 is 6.10 Å². The van der Waals surface area contributed by atoms with Gasteiger partial charge in [-0.2, -0.15) is 0 Å². The third-order valence-electron chi connectivity index (χ3n) is 5.27. The van der Waals surface area contributed by atoms with E-state index >= 15 is 0 Å². The number of hydrogen-bond acceptors (Lipinski definition) is 5. The van der Waals surface area contributed by atoms with Crippen LogP contribution in [0.4, 0.5) is 0 Å². The predicted octanol–water partition coefficient (Wildman–Crippen LogP) is 0.808. The van der Waals surface area contributed by atoms with Crippen LogP contribution in [0.25, 0.3) is 0 Å². The first kappa shape index (κ1) is 18.5. The van der Waals surface area contributed by atoms with Crippen LogP contribution in [0, 0.1) is 11.8 Å². The van der Waals surface area contributed by atoms with Crippen LogP contribution in [-0.2, 0) is 9.59 Å². The third-order valence-corrected chi connectivity index (χ3v) is 5.27. The SMILES string of the molecule is COc1ccccc1O[C@@H]1C[C@@H]2CN(C(=O)CNC(C)=O)C[C@@H]2C[C@H]1O. The number of methoxy groups -OCH3 is 1. The predicted molar refractivity (Wildman–Crippen MR) is 94.9 cm³/mol. The summed E-state index contributed by atoms with van der Waals surface area (Å²) in [6.45, 7) is 2.69. The Balaban J connectivity index is 1.61. The minimum atomic E-state index is -0.577. The van der Waals surface area contributed by atoms with Crippen molar-refractivity contribution in [2.75, 3.05) is 26.7 Å². The Kier molecular flexibility index (Phi) is 5.66. The molecule has 2 amide bonds. The van der Waals surface area contributed by atoms with E-state index in [0.29, 0.717) is 43.3 Å². The molecule has 0 unspecified atom stereocenters. The maximum absolute atomic E-state index is 12.2. The van der Waals surface area contributed by atoms with Crippen molar-refractivity contribution in [3.05, 3.63) is 24.3 Å². The molecule has 1 aromatic rings. The second-order valence-electron chi connectivity index (χ2n) is 7.07. The molecular formula is C19H26N2O5. The van der Waals surface area contributed by atoms with E-state index in [1.807, 2.05) is 24.3 Å². The fourth-order valence-electron chi connectivity index (χ4n) is 3.91. The van der Waals surface area contributed by atoms with Crippen molar-refractivity contribution in [1.29, 1.82) is 0 Å². The first-order chi connectivity index (χ1) is 12.5. The molecule has 1 heterocycles. The molecule has 142 valence electrons. The maximum atomic E-state index is 12.2. The lowest BCUT2D eigenvalue weighted by Crippen LogP contribution is -2.42. The largest absolute Gasteiger partial charge is 0.493 e.